The Morgan fingerprint density at radius 2 is 1.29 bits per heavy atom. The third-order valence-electron chi connectivity index (χ3n) is 5.54. The molecule has 0 aliphatic heterocycles. The van der Waals surface area contributed by atoms with Crippen LogP contribution in [0.2, 0.25) is 0 Å². The summed E-state index contributed by atoms with van der Waals surface area (Å²) in [6.07, 6.45) is 4.75. The number of halogens is 1. The molecule has 0 spiro atoms. The van der Waals surface area contributed by atoms with E-state index < -0.39 is 0 Å². The number of hydrogen-bond acceptors (Lipinski definition) is 1. The number of hydrogen-bond donors (Lipinski definition) is 1. The monoisotopic (exact) mass is 299 g/mol. The molecule has 2 aliphatic rings. The minimum absolute atomic E-state index is 0. The van der Waals surface area contributed by atoms with Crippen LogP contribution in [0, 0.1) is 5.92 Å². The van der Waals surface area contributed by atoms with Crippen molar-refractivity contribution in [3.63, 3.8) is 0 Å². The van der Waals surface area contributed by atoms with E-state index in [2.05, 4.69) is 60.7 Å². The highest BCUT2D eigenvalue weighted by Gasteiger charge is 2.58. The van der Waals surface area contributed by atoms with Crippen LogP contribution in [-0.4, -0.2) is 5.54 Å². The molecule has 0 amide bonds. The first-order valence-electron chi connectivity index (χ1n) is 7.63. The van der Waals surface area contributed by atoms with E-state index in [1.54, 1.807) is 0 Å². The van der Waals surface area contributed by atoms with E-state index in [-0.39, 0.29) is 23.4 Å². The predicted octanol–water partition coefficient (Wildman–Crippen LogP) is 4.30. The van der Waals surface area contributed by atoms with Gasteiger partial charge in [-0.3, -0.25) is 0 Å². The van der Waals surface area contributed by atoms with E-state index in [1.807, 2.05) is 0 Å². The van der Waals surface area contributed by atoms with Gasteiger partial charge < -0.3 is 5.73 Å². The Morgan fingerprint density at radius 1 is 0.762 bits per heavy atom. The van der Waals surface area contributed by atoms with Gasteiger partial charge in [0, 0.05) is 11.0 Å². The lowest BCUT2D eigenvalue weighted by Crippen LogP contribution is -2.39. The first kappa shape index (κ1) is 14.6. The molecule has 2 aromatic rings. The first-order chi connectivity index (χ1) is 9.73. The maximum atomic E-state index is 6.43. The first-order valence-corrected chi connectivity index (χ1v) is 7.63. The molecule has 2 unspecified atom stereocenters. The molecule has 0 bridgehead atoms. The average molecular weight is 300 g/mol. The van der Waals surface area contributed by atoms with Crippen LogP contribution in [0.5, 0.6) is 0 Å². The van der Waals surface area contributed by atoms with Crippen LogP contribution in [-0.2, 0) is 5.41 Å². The second-order valence-corrected chi connectivity index (χ2v) is 6.65. The molecule has 2 aromatic carbocycles. The molecule has 4 rings (SSSR count). The van der Waals surface area contributed by atoms with E-state index in [4.69, 9.17) is 5.73 Å². The maximum Gasteiger partial charge on any atom is 0.0206 e. The van der Waals surface area contributed by atoms with Gasteiger partial charge in [-0.15, -0.1) is 12.4 Å². The van der Waals surface area contributed by atoms with Crippen molar-refractivity contribution < 1.29 is 0 Å². The van der Waals surface area contributed by atoms with Gasteiger partial charge in [-0.2, -0.15) is 0 Å². The molecule has 0 aromatic heterocycles. The molecular formula is C19H22ClN. The summed E-state index contributed by atoms with van der Waals surface area (Å²) in [7, 11) is 0. The summed E-state index contributed by atoms with van der Waals surface area (Å²) in [4.78, 5) is 0. The van der Waals surface area contributed by atoms with Gasteiger partial charge in [-0.05, 0) is 42.7 Å². The van der Waals surface area contributed by atoms with Crippen molar-refractivity contribution in [2.75, 3.05) is 0 Å². The highest BCUT2D eigenvalue weighted by molar-refractivity contribution is 5.85. The lowest BCUT2D eigenvalue weighted by atomic mass is 9.64. The fourth-order valence-corrected chi connectivity index (χ4v) is 4.16. The van der Waals surface area contributed by atoms with Gasteiger partial charge in [0.25, 0.3) is 0 Å². The second-order valence-electron chi connectivity index (χ2n) is 6.65. The molecule has 2 atom stereocenters. The third kappa shape index (κ3) is 2.29. The Hall–Kier alpha value is -1.31. The van der Waals surface area contributed by atoms with E-state index in [1.165, 1.54) is 30.4 Å². The molecule has 110 valence electrons. The number of fused-ring (bicyclic) bond motifs is 1. The number of nitrogens with two attached hydrogens (primary N) is 1. The minimum atomic E-state index is 0. The largest absolute Gasteiger partial charge is 0.325 e. The van der Waals surface area contributed by atoms with E-state index in [0.717, 1.165) is 6.42 Å². The van der Waals surface area contributed by atoms with Crippen molar-refractivity contribution in [3.8, 4) is 0 Å². The molecule has 2 N–H and O–H groups in total. The van der Waals surface area contributed by atoms with Crippen LogP contribution in [0.25, 0.3) is 0 Å². The van der Waals surface area contributed by atoms with Crippen LogP contribution in [0.1, 0.15) is 36.8 Å². The molecule has 2 aliphatic carbocycles. The smallest absolute Gasteiger partial charge is 0.0206 e. The highest BCUT2D eigenvalue weighted by atomic mass is 35.5. The topological polar surface area (TPSA) is 26.0 Å². The normalized spacial score (nSPS) is 29.1. The zero-order chi connectivity index (χ0) is 13.6. The zero-order valence-corrected chi connectivity index (χ0v) is 13.0. The fourth-order valence-electron chi connectivity index (χ4n) is 4.16. The van der Waals surface area contributed by atoms with Gasteiger partial charge in [0.15, 0.2) is 0 Å². The van der Waals surface area contributed by atoms with Gasteiger partial charge in [0.2, 0.25) is 0 Å². The average Bonchev–Trinajstić information content (AvgIpc) is 3.19. The SMILES string of the molecule is Cl.NC12CCC(c3ccccc3)(c3ccccc3)CC1C2. The van der Waals surface area contributed by atoms with Crippen LogP contribution >= 0.6 is 12.4 Å². The Labute approximate surface area is 133 Å². The summed E-state index contributed by atoms with van der Waals surface area (Å²) < 4.78 is 0. The van der Waals surface area contributed by atoms with Crippen LogP contribution < -0.4 is 5.73 Å². The molecule has 0 saturated heterocycles. The van der Waals surface area contributed by atoms with Gasteiger partial charge in [-0.1, -0.05) is 60.7 Å². The van der Waals surface area contributed by atoms with Crippen molar-refractivity contribution in [2.45, 2.75) is 36.6 Å². The number of benzene rings is 2. The molecule has 2 saturated carbocycles. The molecule has 21 heavy (non-hydrogen) atoms. The molecule has 2 fully saturated rings. The Morgan fingerprint density at radius 3 is 1.76 bits per heavy atom. The van der Waals surface area contributed by atoms with Gasteiger partial charge in [0.1, 0.15) is 0 Å². The Bertz CT molecular complexity index is 570. The fraction of sp³-hybridized carbons (Fsp3) is 0.368. The molecule has 0 radical (unpaired) electrons. The van der Waals surface area contributed by atoms with E-state index in [9.17, 15) is 0 Å². The summed E-state index contributed by atoms with van der Waals surface area (Å²) in [5, 5.41) is 0. The highest BCUT2D eigenvalue weighted by Crippen LogP contribution is 2.59. The third-order valence-corrected chi connectivity index (χ3v) is 5.54. The van der Waals surface area contributed by atoms with Crippen molar-refractivity contribution >= 4 is 12.4 Å². The summed E-state index contributed by atoms with van der Waals surface area (Å²) in [6, 6.07) is 22.0. The lowest BCUT2D eigenvalue weighted by molar-refractivity contribution is 0.307. The van der Waals surface area contributed by atoms with Gasteiger partial charge >= 0.3 is 0 Å². The summed E-state index contributed by atoms with van der Waals surface area (Å²) in [5.74, 6) is 0.705. The van der Waals surface area contributed by atoms with Gasteiger partial charge in [-0.25, -0.2) is 0 Å². The van der Waals surface area contributed by atoms with Crippen molar-refractivity contribution in [1.82, 2.24) is 0 Å². The molecular weight excluding hydrogens is 278 g/mol. The number of rotatable bonds is 2. The Balaban J connectivity index is 0.00000132. The summed E-state index contributed by atoms with van der Waals surface area (Å²) >= 11 is 0. The van der Waals surface area contributed by atoms with Crippen LogP contribution in [0.3, 0.4) is 0 Å². The van der Waals surface area contributed by atoms with Crippen molar-refractivity contribution in [2.24, 2.45) is 11.7 Å². The maximum absolute atomic E-state index is 6.43. The van der Waals surface area contributed by atoms with Crippen molar-refractivity contribution in [1.29, 1.82) is 0 Å². The molecule has 2 heteroatoms. The van der Waals surface area contributed by atoms with E-state index in [0.29, 0.717) is 5.92 Å². The predicted molar refractivity (Wildman–Crippen MR) is 89.8 cm³/mol. The summed E-state index contributed by atoms with van der Waals surface area (Å²) in [6.45, 7) is 0. The Kier molecular flexibility index (Phi) is 3.59. The summed E-state index contributed by atoms with van der Waals surface area (Å²) in [5.41, 5.74) is 9.68. The second kappa shape index (κ2) is 5.15. The standard InChI is InChI=1S/C19H21N.ClH/c20-19-12-11-18(13-17(19)14-19,15-7-3-1-4-8-15)16-9-5-2-6-10-16;/h1-10,17H,11-14,20H2;1H. The molecule has 1 nitrogen and oxygen atoms in total. The molecule has 0 heterocycles. The minimum Gasteiger partial charge on any atom is -0.325 e. The zero-order valence-electron chi connectivity index (χ0n) is 12.2. The van der Waals surface area contributed by atoms with E-state index >= 15 is 0 Å². The van der Waals surface area contributed by atoms with Crippen molar-refractivity contribution in [3.05, 3.63) is 71.8 Å². The quantitative estimate of drug-likeness (QED) is 0.879. The van der Waals surface area contributed by atoms with Crippen LogP contribution in [0.15, 0.2) is 60.7 Å². The lowest BCUT2D eigenvalue weighted by Gasteiger charge is -2.40. The van der Waals surface area contributed by atoms with Gasteiger partial charge in [0.05, 0.1) is 0 Å². The van der Waals surface area contributed by atoms with Crippen LogP contribution in [0.4, 0.5) is 0 Å².